The zero-order chi connectivity index (χ0) is 21.6. The third-order valence-corrected chi connectivity index (χ3v) is 5.43. The monoisotopic (exact) mass is 415 g/mol. The molecule has 5 heteroatoms. The van der Waals surface area contributed by atoms with Crippen molar-refractivity contribution in [2.45, 2.75) is 38.2 Å². The van der Waals surface area contributed by atoms with E-state index in [4.69, 9.17) is 14.7 Å². The summed E-state index contributed by atoms with van der Waals surface area (Å²) in [4.78, 5) is 12.3. The van der Waals surface area contributed by atoms with Crippen LogP contribution in [0.25, 0.3) is 11.1 Å². The minimum Gasteiger partial charge on any atom is -0.490 e. The van der Waals surface area contributed by atoms with Crippen molar-refractivity contribution < 1.29 is 18.7 Å². The van der Waals surface area contributed by atoms with Crippen LogP contribution in [-0.2, 0) is 0 Å². The number of hydrogen-bond donors (Lipinski definition) is 0. The summed E-state index contributed by atoms with van der Waals surface area (Å²) in [6, 6.07) is 20.4. The standard InChI is InChI=1S/C26H22FNO3/c27-25-16-24(15-12-21(25)17-28)31-26(29)20-8-6-18(7-9-20)19-10-13-23(14-11-19)30-22-4-2-1-3-5-22/h6-16,22H,1-5H2. The van der Waals surface area contributed by atoms with E-state index in [0.717, 1.165) is 35.8 Å². The molecule has 0 spiro atoms. The van der Waals surface area contributed by atoms with Gasteiger partial charge >= 0.3 is 5.97 Å². The smallest absolute Gasteiger partial charge is 0.343 e. The third-order valence-electron chi connectivity index (χ3n) is 5.43. The summed E-state index contributed by atoms with van der Waals surface area (Å²) in [5, 5.41) is 8.77. The van der Waals surface area contributed by atoms with E-state index in [0.29, 0.717) is 11.7 Å². The average molecular weight is 415 g/mol. The number of nitriles is 1. The fourth-order valence-corrected chi connectivity index (χ4v) is 3.72. The van der Waals surface area contributed by atoms with Crippen molar-refractivity contribution in [3.63, 3.8) is 0 Å². The Morgan fingerprint density at radius 3 is 2.10 bits per heavy atom. The summed E-state index contributed by atoms with van der Waals surface area (Å²) in [6.45, 7) is 0. The second-order valence-electron chi connectivity index (χ2n) is 7.62. The van der Waals surface area contributed by atoms with Gasteiger partial charge in [0.05, 0.1) is 17.2 Å². The van der Waals surface area contributed by atoms with E-state index in [1.165, 1.54) is 31.4 Å². The number of ether oxygens (including phenoxy) is 2. The van der Waals surface area contributed by atoms with Gasteiger partial charge in [-0.1, -0.05) is 30.7 Å². The Hall–Kier alpha value is -3.65. The van der Waals surface area contributed by atoms with E-state index < -0.39 is 11.8 Å². The molecule has 4 nitrogen and oxygen atoms in total. The summed E-state index contributed by atoms with van der Waals surface area (Å²) in [5.74, 6) is -0.379. The van der Waals surface area contributed by atoms with E-state index in [9.17, 15) is 9.18 Å². The number of benzene rings is 3. The first-order valence-electron chi connectivity index (χ1n) is 10.4. The molecule has 1 aliphatic carbocycles. The maximum atomic E-state index is 13.7. The van der Waals surface area contributed by atoms with Crippen LogP contribution in [0.4, 0.5) is 4.39 Å². The largest absolute Gasteiger partial charge is 0.490 e. The van der Waals surface area contributed by atoms with Crippen LogP contribution >= 0.6 is 0 Å². The molecule has 0 aliphatic heterocycles. The Morgan fingerprint density at radius 2 is 1.48 bits per heavy atom. The minimum absolute atomic E-state index is 0.0548. The molecule has 3 aromatic rings. The first-order chi connectivity index (χ1) is 15.1. The lowest BCUT2D eigenvalue weighted by atomic mass is 9.98. The van der Waals surface area contributed by atoms with Gasteiger partial charge < -0.3 is 9.47 Å². The van der Waals surface area contributed by atoms with Gasteiger partial charge in [-0.2, -0.15) is 5.26 Å². The number of hydrogen-bond acceptors (Lipinski definition) is 4. The van der Waals surface area contributed by atoms with E-state index in [-0.39, 0.29) is 11.3 Å². The van der Waals surface area contributed by atoms with E-state index in [1.807, 2.05) is 36.4 Å². The molecule has 0 bridgehead atoms. The zero-order valence-electron chi connectivity index (χ0n) is 17.0. The highest BCUT2D eigenvalue weighted by Gasteiger charge is 2.15. The highest BCUT2D eigenvalue weighted by atomic mass is 19.1. The molecule has 0 radical (unpaired) electrons. The van der Waals surface area contributed by atoms with Crippen molar-refractivity contribution >= 4 is 5.97 Å². The van der Waals surface area contributed by atoms with Gasteiger partial charge in [-0.25, -0.2) is 9.18 Å². The molecule has 0 unspecified atom stereocenters. The van der Waals surface area contributed by atoms with Gasteiger partial charge in [0.15, 0.2) is 0 Å². The minimum atomic E-state index is -0.723. The number of nitrogens with zero attached hydrogens (tertiary/aromatic N) is 1. The fourth-order valence-electron chi connectivity index (χ4n) is 3.72. The molecule has 1 saturated carbocycles. The van der Waals surface area contributed by atoms with Gasteiger partial charge in [-0.15, -0.1) is 0 Å². The zero-order valence-corrected chi connectivity index (χ0v) is 17.0. The molecule has 1 fully saturated rings. The summed E-state index contributed by atoms with van der Waals surface area (Å²) in [5.41, 5.74) is 2.24. The molecule has 0 amide bonds. The van der Waals surface area contributed by atoms with Crippen LogP contribution in [0, 0.1) is 17.1 Å². The van der Waals surface area contributed by atoms with Crippen LogP contribution in [0.2, 0.25) is 0 Å². The Bertz CT molecular complexity index is 1090. The topological polar surface area (TPSA) is 59.3 Å². The Morgan fingerprint density at radius 1 is 0.871 bits per heavy atom. The van der Waals surface area contributed by atoms with Gasteiger partial charge in [0, 0.05) is 6.07 Å². The molecular weight excluding hydrogens is 393 g/mol. The van der Waals surface area contributed by atoms with E-state index in [2.05, 4.69) is 0 Å². The molecule has 0 aromatic heterocycles. The van der Waals surface area contributed by atoms with Crippen molar-refractivity contribution in [1.82, 2.24) is 0 Å². The molecule has 0 heterocycles. The van der Waals surface area contributed by atoms with Crippen LogP contribution < -0.4 is 9.47 Å². The SMILES string of the molecule is N#Cc1ccc(OC(=O)c2ccc(-c3ccc(OC4CCCCC4)cc3)cc2)cc1F. The Balaban J connectivity index is 1.40. The van der Waals surface area contributed by atoms with Gasteiger partial charge in [0.2, 0.25) is 0 Å². The molecule has 3 aromatic carbocycles. The normalized spacial score (nSPS) is 13.9. The van der Waals surface area contributed by atoms with Gasteiger partial charge in [-0.05, 0) is 73.2 Å². The molecule has 0 saturated heterocycles. The van der Waals surface area contributed by atoms with E-state index in [1.54, 1.807) is 18.2 Å². The van der Waals surface area contributed by atoms with Crippen molar-refractivity contribution in [2.75, 3.05) is 0 Å². The molecule has 31 heavy (non-hydrogen) atoms. The predicted octanol–water partition coefficient (Wildman–Crippen LogP) is 6.30. The third kappa shape index (κ3) is 5.10. The number of halogens is 1. The summed E-state index contributed by atoms with van der Waals surface area (Å²) < 4.78 is 25.0. The quantitative estimate of drug-likeness (QED) is 0.363. The van der Waals surface area contributed by atoms with Crippen LogP contribution in [0.3, 0.4) is 0 Å². The van der Waals surface area contributed by atoms with E-state index >= 15 is 0 Å². The van der Waals surface area contributed by atoms with Crippen LogP contribution in [-0.4, -0.2) is 12.1 Å². The molecular formula is C26H22FNO3. The average Bonchev–Trinajstić information content (AvgIpc) is 2.80. The second-order valence-corrected chi connectivity index (χ2v) is 7.62. The van der Waals surface area contributed by atoms with Crippen molar-refractivity contribution in [2.24, 2.45) is 0 Å². The van der Waals surface area contributed by atoms with Gasteiger partial charge in [-0.3, -0.25) is 0 Å². The summed E-state index contributed by atoms with van der Waals surface area (Å²) in [7, 11) is 0. The maximum Gasteiger partial charge on any atom is 0.343 e. The highest BCUT2D eigenvalue weighted by molar-refractivity contribution is 5.91. The molecule has 0 N–H and O–H groups in total. The number of carbonyl (C=O) groups excluding carboxylic acids is 1. The molecule has 156 valence electrons. The second kappa shape index (κ2) is 9.44. The predicted molar refractivity (Wildman–Crippen MR) is 115 cm³/mol. The maximum absolute atomic E-state index is 13.7. The first kappa shape index (κ1) is 20.6. The summed E-state index contributed by atoms with van der Waals surface area (Å²) >= 11 is 0. The number of esters is 1. The van der Waals surface area contributed by atoms with Crippen molar-refractivity contribution in [1.29, 1.82) is 5.26 Å². The fraction of sp³-hybridized carbons (Fsp3) is 0.231. The van der Waals surface area contributed by atoms with Crippen LogP contribution in [0.1, 0.15) is 48.0 Å². The van der Waals surface area contributed by atoms with Crippen molar-refractivity contribution in [3.8, 4) is 28.7 Å². The Labute approximate surface area is 180 Å². The van der Waals surface area contributed by atoms with Crippen LogP contribution in [0.15, 0.2) is 66.7 Å². The lowest BCUT2D eigenvalue weighted by Crippen LogP contribution is -2.19. The first-order valence-corrected chi connectivity index (χ1v) is 10.4. The molecule has 4 rings (SSSR count). The van der Waals surface area contributed by atoms with Gasteiger partial charge in [0.25, 0.3) is 0 Å². The Kier molecular flexibility index (Phi) is 6.28. The van der Waals surface area contributed by atoms with Gasteiger partial charge in [0.1, 0.15) is 23.4 Å². The molecule has 1 aliphatic rings. The number of carbonyl (C=O) groups is 1. The lowest BCUT2D eigenvalue weighted by molar-refractivity contribution is 0.0734. The molecule has 0 atom stereocenters. The number of rotatable bonds is 5. The van der Waals surface area contributed by atoms with Crippen molar-refractivity contribution in [3.05, 3.63) is 83.7 Å². The highest BCUT2D eigenvalue weighted by Crippen LogP contribution is 2.27. The van der Waals surface area contributed by atoms with Crippen LogP contribution in [0.5, 0.6) is 11.5 Å². The summed E-state index contributed by atoms with van der Waals surface area (Å²) in [6.07, 6.45) is 6.32. The lowest BCUT2D eigenvalue weighted by Gasteiger charge is -2.23.